The summed E-state index contributed by atoms with van der Waals surface area (Å²) in [5.74, 6) is -0.671. The second-order valence-electron chi connectivity index (χ2n) is 5.42. The van der Waals surface area contributed by atoms with Crippen LogP contribution in [0.2, 0.25) is 0 Å². The largest absolute Gasteiger partial charge is 0.573 e. The molecule has 28 heavy (non-hydrogen) atoms. The highest BCUT2D eigenvalue weighted by molar-refractivity contribution is 7.18. The Hall–Kier alpha value is -2.85. The molecule has 1 aromatic heterocycles. The molecular formula is C18H18F3N3O3S. The Morgan fingerprint density at radius 3 is 2.61 bits per heavy atom. The van der Waals surface area contributed by atoms with Crippen molar-refractivity contribution >= 4 is 33.6 Å². The molecule has 0 unspecified atom stereocenters. The monoisotopic (exact) mass is 413 g/mol. The minimum atomic E-state index is -4.75. The van der Waals surface area contributed by atoms with Gasteiger partial charge < -0.3 is 20.5 Å². The van der Waals surface area contributed by atoms with Gasteiger partial charge in [0.15, 0.2) is 0 Å². The molecule has 0 saturated heterocycles. The first kappa shape index (κ1) is 21.5. The maximum absolute atomic E-state index is 12.2. The lowest BCUT2D eigenvalue weighted by Gasteiger charge is -2.08. The van der Waals surface area contributed by atoms with Gasteiger partial charge in [-0.25, -0.2) is 0 Å². The summed E-state index contributed by atoms with van der Waals surface area (Å²) in [6.07, 6.45) is -3.29. The van der Waals surface area contributed by atoms with E-state index in [4.69, 9.17) is 5.11 Å². The predicted octanol–water partition coefficient (Wildman–Crippen LogP) is 4.06. The van der Waals surface area contributed by atoms with Crippen LogP contribution in [0.25, 0.3) is 0 Å². The zero-order valence-corrected chi connectivity index (χ0v) is 15.7. The van der Waals surface area contributed by atoms with Crippen molar-refractivity contribution in [3.05, 3.63) is 53.6 Å². The van der Waals surface area contributed by atoms with Gasteiger partial charge in [0, 0.05) is 17.8 Å². The van der Waals surface area contributed by atoms with Crippen molar-refractivity contribution in [3.63, 3.8) is 0 Å². The number of carbonyl (C=O) groups excluding carboxylic acids is 1. The van der Waals surface area contributed by atoms with Crippen molar-refractivity contribution in [2.75, 3.05) is 18.5 Å². The fourth-order valence-electron chi connectivity index (χ4n) is 2.20. The van der Waals surface area contributed by atoms with Gasteiger partial charge in [-0.2, -0.15) is 0 Å². The highest BCUT2D eigenvalue weighted by Gasteiger charge is 2.30. The van der Waals surface area contributed by atoms with Gasteiger partial charge in [-0.05, 0) is 43.5 Å². The van der Waals surface area contributed by atoms with Gasteiger partial charge in [0.1, 0.15) is 10.8 Å². The predicted molar refractivity (Wildman–Crippen MR) is 103 cm³/mol. The van der Waals surface area contributed by atoms with Crippen LogP contribution in [-0.4, -0.2) is 36.2 Å². The summed E-state index contributed by atoms with van der Waals surface area (Å²) < 4.78 is 40.5. The molecule has 2 rings (SSSR count). The number of rotatable bonds is 8. The van der Waals surface area contributed by atoms with Gasteiger partial charge in [0.05, 0.1) is 17.2 Å². The molecule has 6 nitrogen and oxygen atoms in total. The number of hydrogen-bond donors (Lipinski definition) is 3. The molecule has 1 heterocycles. The van der Waals surface area contributed by atoms with E-state index in [1.54, 1.807) is 13.0 Å². The number of alkyl halides is 3. The van der Waals surface area contributed by atoms with Gasteiger partial charge in [-0.1, -0.05) is 6.58 Å². The Morgan fingerprint density at radius 2 is 2.04 bits per heavy atom. The average molecular weight is 413 g/mol. The van der Waals surface area contributed by atoms with E-state index in [1.165, 1.54) is 41.8 Å². The van der Waals surface area contributed by atoms with Gasteiger partial charge >= 0.3 is 6.36 Å². The molecule has 0 spiro atoms. The fraction of sp³-hybridized carbons (Fsp3) is 0.222. The number of benzene rings is 1. The number of aliphatic hydroxyl groups is 1. The van der Waals surface area contributed by atoms with Crippen molar-refractivity contribution in [3.8, 4) is 5.75 Å². The zero-order valence-electron chi connectivity index (χ0n) is 14.8. The van der Waals surface area contributed by atoms with E-state index in [-0.39, 0.29) is 24.8 Å². The maximum Gasteiger partial charge on any atom is 0.573 e. The number of nitrogens with one attached hydrogen (secondary N) is 2. The standard InChI is InChI=1S/C18H18F3N3O3S/c1-3-22-17-14(10-15(28-17)16(26)23-8-9-25)11(2)24-12-4-6-13(7-5-12)27-18(19,20)21/h3-7,10,22,25H,1,8-9H2,2H3,(H,23,26). The highest BCUT2D eigenvalue weighted by Crippen LogP contribution is 2.30. The van der Waals surface area contributed by atoms with Gasteiger partial charge in [0.2, 0.25) is 0 Å². The second-order valence-corrected chi connectivity index (χ2v) is 6.47. The molecule has 1 aromatic carbocycles. The number of anilines is 1. The molecule has 0 atom stereocenters. The summed E-state index contributed by atoms with van der Waals surface area (Å²) in [5, 5.41) is 15.0. The third-order valence-electron chi connectivity index (χ3n) is 3.34. The van der Waals surface area contributed by atoms with Gasteiger partial charge in [0.25, 0.3) is 5.91 Å². The molecule has 0 aliphatic carbocycles. The molecule has 3 N–H and O–H groups in total. The van der Waals surface area contributed by atoms with Gasteiger partial charge in [-0.15, -0.1) is 24.5 Å². The third kappa shape index (κ3) is 6.10. The minimum Gasteiger partial charge on any atom is -0.406 e. The molecular weight excluding hydrogens is 395 g/mol. The number of amides is 1. The summed E-state index contributed by atoms with van der Waals surface area (Å²) >= 11 is 1.19. The number of halogens is 3. The van der Waals surface area contributed by atoms with Crippen LogP contribution in [0.15, 0.2) is 48.1 Å². The van der Waals surface area contributed by atoms with E-state index >= 15 is 0 Å². The van der Waals surface area contributed by atoms with Crippen molar-refractivity contribution in [2.45, 2.75) is 13.3 Å². The first-order chi connectivity index (χ1) is 13.2. The van der Waals surface area contributed by atoms with Crippen molar-refractivity contribution in [2.24, 2.45) is 4.99 Å². The lowest BCUT2D eigenvalue weighted by Crippen LogP contribution is -2.25. The van der Waals surface area contributed by atoms with Crippen LogP contribution in [0.5, 0.6) is 5.75 Å². The molecule has 0 aliphatic rings. The van der Waals surface area contributed by atoms with E-state index in [2.05, 4.69) is 26.9 Å². The van der Waals surface area contributed by atoms with Crippen molar-refractivity contribution < 1.29 is 27.8 Å². The molecule has 0 bridgehead atoms. The molecule has 0 aliphatic heterocycles. The number of aliphatic imine (C=N–C) groups is 1. The van der Waals surface area contributed by atoms with Crippen molar-refractivity contribution in [1.82, 2.24) is 5.32 Å². The van der Waals surface area contributed by atoms with Crippen LogP contribution in [0, 0.1) is 0 Å². The number of aliphatic hydroxyl groups excluding tert-OH is 1. The Morgan fingerprint density at radius 1 is 1.36 bits per heavy atom. The Bertz CT molecular complexity index is 861. The van der Waals surface area contributed by atoms with Crippen LogP contribution in [0.4, 0.5) is 23.9 Å². The number of ether oxygens (including phenoxy) is 1. The van der Waals surface area contributed by atoms with E-state index in [0.29, 0.717) is 26.8 Å². The zero-order chi connectivity index (χ0) is 20.7. The Balaban J connectivity index is 2.26. The Labute approximate surface area is 163 Å². The van der Waals surface area contributed by atoms with Crippen LogP contribution < -0.4 is 15.4 Å². The van der Waals surface area contributed by atoms with Gasteiger partial charge in [-0.3, -0.25) is 9.79 Å². The topological polar surface area (TPSA) is 83.0 Å². The molecule has 0 fully saturated rings. The molecule has 10 heteroatoms. The lowest BCUT2D eigenvalue weighted by atomic mass is 10.2. The minimum absolute atomic E-state index is 0.135. The van der Waals surface area contributed by atoms with E-state index in [0.717, 1.165) is 0 Å². The first-order valence-corrected chi connectivity index (χ1v) is 8.87. The van der Waals surface area contributed by atoms with Crippen LogP contribution in [0.3, 0.4) is 0 Å². The number of nitrogens with zero attached hydrogens (tertiary/aromatic N) is 1. The highest BCUT2D eigenvalue weighted by atomic mass is 32.1. The smallest absolute Gasteiger partial charge is 0.406 e. The quantitative estimate of drug-likeness (QED) is 0.570. The number of thiophene rings is 1. The summed E-state index contributed by atoms with van der Waals surface area (Å²) in [5.41, 5.74) is 1.62. The average Bonchev–Trinajstić information content (AvgIpc) is 3.04. The molecule has 0 radical (unpaired) electrons. The van der Waals surface area contributed by atoms with E-state index in [9.17, 15) is 18.0 Å². The summed E-state index contributed by atoms with van der Waals surface area (Å²) in [4.78, 5) is 16.9. The molecule has 0 saturated carbocycles. The number of hydrogen-bond acceptors (Lipinski definition) is 6. The number of carbonyl (C=O) groups is 1. The van der Waals surface area contributed by atoms with Crippen LogP contribution in [-0.2, 0) is 0 Å². The molecule has 1 amide bonds. The third-order valence-corrected chi connectivity index (χ3v) is 4.41. The SMILES string of the molecule is C=CNc1sc(C(=O)NCCO)cc1C(C)=Nc1ccc(OC(F)(F)F)cc1. The van der Waals surface area contributed by atoms with E-state index < -0.39 is 6.36 Å². The van der Waals surface area contributed by atoms with Crippen molar-refractivity contribution in [1.29, 1.82) is 0 Å². The lowest BCUT2D eigenvalue weighted by molar-refractivity contribution is -0.274. The van der Waals surface area contributed by atoms with Crippen LogP contribution in [0.1, 0.15) is 22.2 Å². The second kappa shape index (κ2) is 9.38. The summed E-state index contributed by atoms with van der Waals surface area (Å²) in [6.45, 7) is 5.28. The molecule has 2 aromatic rings. The Kier molecular flexibility index (Phi) is 7.18. The molecule has 150 valence electrons. The van der Waals surface area contributed by atoms with Crippen LogP contribution >= 0.6 is 11.3 Å². The van der Waals surface area contributed by atoms with E-state index in [1.807, 2.05) is 0 Å². The fourth-order valence-corrected chi connectivity index (χ4v) is 3.22. The maximum atomic E-state index is 12.2. The summed E-state index contributed by atoms with van der Waals surface area (Å²) in [6, 6.07) is 6.77. The normalized spacial score (nSPS) is 11.8. The summed E-state index contributed by atoms with van der Waals surface area (Å²) in [7, 11) is 0. The first-order valence-electron chi connectivity index (χ1n) is 8.05.